The molecule has 0 rings (SSSR count). The first-order valence-corrected chi connectivity index (χ1v) is 9.61. The second-order valence-corrected chi connectivity index (χ2v) is 6.63. The second-order valence-electron chi connectivity index (χ2n) is 6.63. The lowest BCUT2D eigenvalue weighted by Gasteiger charge is -2.11. The summed E-state index contributed by atoms with van der Waals surface area (Å²) in [7, 11) is 0. The van der Waals surface area contributed by atoms with Gasteiger partial charge in [-0.05, 0) is 32.6 Å². The maximum absolute atomic E-state index is 11.5. The molecule has 1 amide bonds. The molecule has 0 atom stereocenters. The Morgan fingerprint density at radius 3 is 1.41 bits per heavy atom. The number of carbonyl (C=O) groups is 1. The summed E-state index contributed by atoms with van der Waals surface area (Å²) in [6, 6.07) is 0. The first-order valence-electron chi connectivity index (χ1n) is 9.61. The highest BCUT2D eigenvalue weighted by molar-refractivity contribution is 5.92. The molecule has 0 radical (unpaired) electrons. The van der Waals surface area contributed by atoms with Gasteiger partial charge in [-0.1, -0.05) is 83.6 Å². The van der Waals surface area contributed by atoms with Gasteiger partial charge in [0, 0.05) is 5.57 Å². The molecule has 2 N–H and O–H groups in total. The average molecular weight is 310 g/mol. The van der Waals surface area contributed by atoms with Crippen molar-refractivity contribution in [1.82, 2.24) is 0 Å². The Morgan fingerprint density at radius 2 is 1.05 bits per heavy atom. The Hall–Kier alpha value is -0.790. The predicted octanol–water partition coefficient (Wildman–Crippen LogP) is 6.29. The van der Waals surface area contributed by atoms with E-state index >= 15 is 0 Å². The quantitative estimate of drug-likeness (QED) is 0.280. The van der Waals surface area contributed by atoms with E-state index in [1.54, 1.807) is 0 Å². The van der Waals surface area contributed by atoms with Gasteiger partial charge in [0.2, 0.25) is 5.91 Å². The van der Waals surface area contributed by atoms with Gasteiger partial charge in [-0.25, -0.2) is 0 Å². The van der Waals surface area contributed by atoms with Crippen LogP contribution in [0.2, 0.25) is 0 Å². The van der Waals surface area contributed by atoms with Crippen molar-refractivity contribution in [3.63, 3.8) is 0 Å². The first kappa shape index (κ1) is 21.2. The minimum absolute atomic E-state index is 0.230. The monoisotopic (exact) mass is 309 g/mol. The summed E-state index contributed by atoms with van der Waals surface area (Å²) in [5.74, 6) is -0.230. The second kappa shape index (κ2) is 15.1. The molecule has 2 heteroatoms. The SMILES string of the molecule is CCCCCCCCC(CCCCCCCC)=C(C)C(N)=O. The molecule has 0 aromatic heterocycles. The lowest BCUT2D eigenvalue weighted by Crippen LogP contribution is -2.14. The van der Waals surface area contributed by atoms with Crippen molar-refractivity contribution in [1.29, 1.82) is 0 Å². The van der Waals surface area contributed by atoms with E-state index in [0.29, 0.717) is 0 Å². The van der Waals surface area contributed by atoms with Gasteiger partial charge in [-0.3, -0.25) is 4.79 Å². The van der Waals surface area contributed by atoms with Gasteiger partial charge in [0.25, 0.3) is 0 Å². The Labute approximate surface area is 138 Å². The molecule has 0 aliphatic heterocycles. The lowest BCUT2D eigenvalue weighted by molar-refractivity contribution is -0.114. The fourth-order valence-corrected chi connectivity index (χ4v) is 2.91. The van der Waals surface area contributed by atoms with Crippen LogP contribution in [-0.4, -0.2) is 5.91 Å². The smallest absolute Gasteiger partial charge is 0.244 e. The maximum atomic E-state index is 11.5. The van der Waals surface area contributed by atoms with Gasteiger partial charge in [-0.15, -0.1) is 0 Å². The predicted molar refractivity (Wildman–Crippen MR) is 97.9 cm³/mol. The molecular weight excluding hydrogens is 270 g/mol. The van der Waals surface area contributed by atoms with Crippen LogP contribution >= 0.6 is 0 Å². The van der Waals surface area contributed by atoms with Crippen molar-refractivity contribution in [2.24, 2.45) is 5.73 Å². The fourth-order valence-electron chi connectivity index (χ4n) is 2.91. The van der Waals surface area contributed by atoms with Crippen molar-refractivity contribution < 1.29 is 4.79 Å². The standard InChI is InChI=1S/C20H39NO/c1-4-6-8-10-12-14-16-19(18(3)20(21)22)17-15-13-11-9-7-5-2/h4-17H2,1-3H3,(H2,21,22). The van der Waals surface area contributed by atoms with Crippen LogP contribution in [0.1, 0.15) is 111 Å². The minimum atomic E-state index is -0.230. The van der Waals surface area contributed by atoms with Crippen molar-refractivity contribution in [2.75, 3.05) is 0 Å². The Morgan fingerprint density at radius 1 is 0.682 bits per heavy atom. The molecular formula is C20H39NO. The summed E-state index contributed by atoms with van der Waals surface area (Å²) in [5.41, 5.74) is 7.62. The van der Waals surface area contributed by atoms with Crippen LogP contribution in [0.4, 0.5) is 0 Å². The van der Waals surface area contributed by atoms with Crippen LogP contribution in [-0.2, 0) is 4.79 Å². The van der Waals surface area contributed by atoms with Gasteiger partial charge >= 0.3 is 0 Å². The molecule has 0 bridgehead atoms. The van der Waals surface area contributed by atoms with Crippen molar-refractivity contribution in [2.45, 2.75) is 111 Å². The third-order valence-corrected chi connectivity index (χ3v) is 4.56. The summed E-state index contributed by atoms with van der Waals surface area (Å²) in [6.07, 6.45) is 17.8. The number of rotatable bonds is 15. The highest BCUT2D eigenvalue weighted by Crippen LogP contribution is 2.21. The van der Waals surface area contributed by atoms with E-state index in [4.69, 9.17) is 5.73 Å². The fraction of sp³-hybridized carbons (Fsp3) is 0.850. The van der Waals surface area contributed by atoms with E-state index in [0.717, 1.165) is 18.4 Å². The summed E-state index contributed by atoms with van der Waals surface area (Å²) in [6.45, 7) is 6.40. The van der Waals surface area contributed by atoms with E-state index in [1.165, 1.54) is 82.6 Å². The maximum Gasteiger partial charge on any atom is 0.244 e. The van der Waals surface area contributed by atoms with Crippen molar-refractivity contribution in [3.05, 3.63) is 11.1 Å². The Balaban J connectivity index is 4.02. The number of primary amides is 1. The van der Waals surface area contributed by atoms with Crippen LogP contribution in [0.15, 0.2) is 11.1 Å². The topological polar surface area (TPSA) is 43.1 Å². The molecule has 0 heterocycles. The Kier molecular flexibility index (Phi) is 14.6. The van der Waals surface area contributed by atoms with Crippen LogP contribution < -0.4 is 5.73 Å². The molecule has 0 spiro atoms. The van der Waals surface area contributed by atoms with E-state index in [-0.39, 0.29) is 5.91 Å². The molecule has 2 nitrogen and oxygen atoms in total. The zero-order valence-corrected chi connectivity index (χ0v) is 15.4. The largest absolute Gasteiger partial charge is 0.366 e. The molecule has 0 saturated heterocycles. The number of amides is 1. The Bertz CT molecular complexity index is 289. The van der Waals surface area contributed by atoms with E-state index < -0.39 is 0 Å². The number of unbranched alkanes of at least 4 members (excludes halogenated alkanes) is 10. The summed E-state index contributed by atoms with van der Waals surface area (Å²) in [4.78, 5) is 11.5. The summed E-state index contributed by atoms with van der Waals surface area (Å²) < 4.78 is 0. The van der Waals surface area contributed by atoms with E-state index in [1.807, 2.05) is 6.92 Å². The van der Waals surface area contributed by atoms with Crippen LogP contribution in [0.3, 0.4) is 0 Å². The molecule has 0 aromatic carbocycles. The van der Waals surface area contributed by atoms with Gasteiger partial charge in [0.15, 0.2) is 0 Å². The van der Waals surface area contributed by atoms with E-state index in [9.17, 15) is 4.79 Å². The highest BCUT2D eigenvalue weighted by Gasteiger charge is 2.07. The molecule has 0 aliphatic carbocycles. The van der Waals surface area contributed by atoms with Gasteiger partial charge in [0.05, 0.1) is 0 Å². The number of carbonyl (C=O) groups excluding carboxylic acids is 1. The molecule has 0 fully saturated rings. The zero-order chi connectivity index (χ0) is 16.6. The summed E-state index contributed by atoms with van der Waals surface area (Å²) in [5, 5.41) is 0. The minimum Gasteiger partial charge on any atom is -0.366 e. The lowest BCUT2D eigenvalue weighted by atomic mass is 9.95. The average Bonchev–Trinajstić information content (AvgIpc) is 2.51. The number of hydrogen-bond donors (Lipinski definition) is 1. The summed E-state index contributed by atoms with van der Waals surface area (Å²) >= 11 is 0. The zero-order valence-electron chi connectivity index (χ0n) is 15.4. The van der Waals surface area contributed by atoms with Crippen LogP contribution in [0.5, 0.6) is 0 Å². The van der Waals surface area contributed by atoms with Gasteiger partial charge < -0.3 is 5.73 Å². The molecule has 0 aliphatic rings. The van der Waals surface area contributed by atoms with Gasteiger partial charge in [-0.2, -0.15) is 0 Å². The molecule has 22 heavy (non-hydrogen) atoms. The third kappa shape index (κ3) is 11.8. The first-order chi connectivity index (χ1) is 10.6. The molecule has 0 aromatic rings. The number of nitrogens with two attached hydrogens (primary N) is 1. The number of allylic oxidation sites excluding steroid dienone is 1. The van der Waals surface area contributed by atoms with Crippen LogP contribution in [0.25, 0.3) is 0 Å². The highest BCUT2D eigenvalue weighted by atomic mass is 16.1. The molecule has 0 saturated carbocycles. The third-order valence-electron chi connectivity index (χ3n) is 4.56. The van der Waals surface area contributed by atoms with Crippen molar-refractivity contribution in [3.8, 4) is 0 Å². The van der Waals surface area contributed by atoms with Gasteiger partial charge in [0.1, 0.15) is 0 Å². The molecule has 130 valence electrons. The number of hydrogen-bond acceptors (Lipinski definition) is 1. The van der Waals surface area contributed by atoms with Crippen molar-refractivity contribution >= 4 is 5.91 Å². The normalized spacial score (nSPS) is 10.7. The van der Waals surface area contributed by atoms with E-state index in [2.05, 4.69) is 13.8 Å². The van der Waals surface area contributed by atoms with Crippen LogP contribution in [0, 0.1) is 0 Å². The molecule has 0 unspecified atom stereocenters.